The third kappa shape index (κ3) is 3.58. The van der Waals surface area contributed by atoms with Gasteiger partial charge in [-0.15, -0.1) is 0 Å². The number of fused-ring (bicyclic) bond motifs is 1. The van der Waals surface area contributed by atoms with Crippen LogP contribution in [0.1, 0.15) is 42.1 Å². The predicted molar refractivity (Wildman–Crippen MR) is 109 cm³/mol. The molecule has 1 aliphatic heterocycles. The maximum Gasteiger partial charge on any atom is 0.342 e. The first-order valence-electron chi connectivity index (χ1n) is 9.87. The van der Waals surface area contributed by atoms with Gasteiger partial charge in [0.2, 0.25) is 5.91 Å². The van der Waals surface area contributed by atoms with Crippen LogP contribution in [0.2, 0.25) is 0 Å². The van der Waals surface area contributed by atoms with Gasteiger partial charge in [-0.1, -0.05) is 30.3 Å². The number of phenolic OH excluding ortho intramolecular Hbond substituents is 1. The van der Waals surface area contributed by atoms with Gasteiger partial charge in [0, 0.05) is 29.5 Å². The molecule has 1 aliphatic rings. The number of phenols is 1. The minimum atomic E-state index is -0.512. The summed E-state index contributed by atoms with van der Waals surface area (Å²) in [4.78, 5) is 26.9. The van der Waals surface area contributed by atoms with E-state index in [1.165, 1.54) is 0 Å². The summed E-state index contributed by atoms with van der Waals surface area (Å²) in [7, 11) is 0. The van der Waals surface area contributed by atoms with E-state index in [0.29, 0.717) is 35.3 Å². The monoisotopic (exact) mass is 393 g/mol. The minimum Gasteiger partial charge on any atom is -0.508 e. The van der Waals surface area contributed by atoms with E-state index in [4.69, 9.17) is 9.15 Å². The van der Waals surface area contributed by atoms with Gasteiger partial charge in [0.1, 0.15) is 22.7 Å². The molecule has 150 valence electrons. The first-order chi connectivity index (χ1) is 14.1. The number of piperidine rings is 1. The lowest BCUT2D eigenvalue weighted by atomic mass is 9.99. The SMILES string of the molecule is CCOC(=O)c1c(-c2ccccc2)oc2ccc(O)c(CN3CCCCC3=O)c12. The van der Waals surface area contributed by atoms with Crippen LogP contribution in [0.4, 0.5) is 0 Å². The Morgan fingerprint density at radius 1 is 1.17 bits per heavy atom. The van der Waals surface area contributed by atoms with E-state index in [1.807, 2.05) is 30.3 Å². The molecule has 0 unspecified atom stereocenters. The van der Waals surface area contributed by atoms with Crippen molar-refractivity contribution in [1.82, 2.24) is 4.90 Å². The standard InChI is InChI=1S/C23H23NO5/c1-2-28-23(27)21-20-16(14-24-13-7-6-10-19(24)26)17(25)11-12-18(20)29-22(21)15-8-4-3-5-9-15/h3-5,8-9,11-12,25H,2,6-7,10,13-14H2,1H3. The van der Waals surface area contributed by atoms with Crippen LogP contribution in [-0.4, -0.2) is 35.0 Å². The van der Waals surface area contributed by atoms with Crippen LogP contribution in [-0.2, 0) is 16.1 Å². The Bertz CT molecular complexity index is 1050. The smallest absolute Gasteiger partial charge is 0.342 e. The molecule has 0 radical (unpaired) electrons. The quantitative estimate of drug-likeness (QED) is 0.646. The van der Waals surface area contributed by atoms with Gasteiger partial charge in [0.25, 0.3) is 0 Å². The molecule has 6 heteroatoms. The summed E-state index contributed by atoms with van der Waals surface area (Å²) in [6, 6.07) is 12.5. The molecule has 6 nitrogen and oxygen atoms in total. The summed E-state index contributed by atoms with van der Waals surface area (Å²) in [5, 5.41) is 11.1. The third-order valence-electron chi connectivity index (χ3n) is 5.22. The Balaban J connectivity index is 1.91. The molecule has 1 fully saturated rings. The summed E-state index contributed by atoms with van der Waals surface area (Å²) in [6.07, 6.45) is 2.31. The van der Waals surface area contributed by atoms with E-state index < -0.39 is 5.97 Å². The zero-order valence-electron chi connectivity index (χ0n) is 16.3. The molecule has 1 saturated heterocycles. The highest BCUT2D eigenvalue weighted by atomic mass is 16.5. The van der Waals surface area contributed by atoms with Crippen molar-refractivity contribution < 1.29 is 23.8 Å². The number of esters is 1. The molecule has 0 spiro atoms. The van der Waals surface area contributed by atoms with Crippen molar-refractivity contribution in [3.8, 4) is 17.1 Å². The highest BCUT2D eigenvalue weighted by Gasteiger charge is 2.28. The Labute approximate surface area is 168 Å². The molecule has 2 aromatic carbocycles. The van der Waals surface area contributed by atoms with Gasteiger partial charge < -0.3 is 19.2 Å². The molecule has 0 aliphatic carbocycles. The van der Waals surface area contributed by atoms with Gasteiger partial charge >= 0.3 is 5.97 Å². The van der Waals surface area contributed by atoms with Crippen molar-refractivity contribution in [2.75, 3.05) is 13.2 Å². The number of carbonyl (C=O) groups excluding carboxylic acids is 2. The van der Waals surface area contributed by atoms with Crippen molar-refractivity contribution in [1.29, 1.82) is 0 Å². The Morgan fingerprint density at radius 2 is 1.97 bits per heavy atom. The summed E-state index contributed by atoms with van der Waals surface area (Å²) in [5.41, 5.74) is 2.01. The van der Waals surface area contributed by atoms with Gasteiger partial charge in [-0.2, -0.15) is 0 Å². The number of ether oxygens (including phenoxy) is 1. The van der Waals surface area contributed by atoms with Crippen LogP contribution in [0.3, 0.4) is 0 Å². The second kappa shape index (κ2) is 7.99. The zero-order chi connectivity index (χ0) is 20.4. The number of nitrogens with zero attached hydrogens (tertiary/aromatic N) is 1. The van der Waals surface area contributed by atoms with Crippen molar-refractivity contribution in [2.45, 2.75) is 32.7 Å². The van der Waals surface area contributed by atoms with E-state index in [2.05, 4.69) is 0 Å². The van der Waals surface area contributed by atoms with Gasteiger partial charge in [-0.3, -0.25) is 4.79 Å². The first-order valence-corrected chi connectivity index (χ1v) is 9.87. The molecule has 29 heavy (non-hydrogen) atoms. The largest absolute Gasteiger partial charge is 0.508 e. The van der Waals surface area contributed by atoms with Crippen LogP contribution >= 0.6 is 0 Å². The fourth-order valence-corrected chi connectivity index (χ4v) is 3.82. The number of hydrogen-bond acceptors (Lipinski definition) is 5. The van der Waals surface area contributed by atoms with Crippen LogP contribution in [0.15, 0.2) is 46.9 Å². The second-order valence-electron chi connectivity index (χ2n) is 7.10. The van der Waals surface area contributed by atoms with Crippen LogP contribution in [0.25, 0.3) is 22.3 Å². The molecule has 2 heterocycles. The lowest BCUT2D eigenvalue weighted by Gasteiger charge is -2.27. The number of benzene rings is 2. The molecule has 1 amide bonds. The molecule has 0 saturated carbocycles. The zero-order valence-corrected chi connectivity index (χ0v) is 16.3. The van der Waals surface area contributed by atoms with E-state index in [9.17, 15) is 14.7 Å². The number of aromatic hydroxyl groups is 1. The maximum absolute atomic E-state index is 12.9. The third-order valence-corrected chi connectivity index (χ3v) is 5.22. The predicted octanol–water partition coefficient (Wildman–Crippen LogP) is 4.49. The summed E-state index contributed by atoms with van der Waals surface area (Å²) in [6.45, 7) is 2.82. The van der Waals surface area contributed by atoms with E-state index in [-0.39, 0.29) is 30.4 Å². The van der Waals surface area contributed by atoms with Crippen molar-refractivity contribution >= 4 is 22.8 Å². The highest BCUT2D eigenvalue weighted by molar-refractivity contribution is 6.10. The fourth-order valence-electron chi connectivity index (χ4n) is 3.82. The lowest BCUT2D eigenvalue weighted by Crippen LogP contribution is -2.34. The minimum absolute atomic E-state index is 0.0295. The first kappa shape index (κ1) is 19.1. The van der Waals surface area contributed by atoms with Gasteiger partial charge in [0.05, 0.1) is 13.2 Å². The fraction of sp³-hybridized carbons (Fsp3) is 0.304. The van der Waals surface area contributed by atoms with Crippen molar-refractivity contribution in [3.63, 3.8) is 0 Å². The number of hydrogen-bond donors (Lipinski definition) is 1. The second-order valence-corrected chi connectivity index (χ2v) is 7.10. The van der Waals surface area contributed by atoms with Gasteiger partial charge in [0.15, 0.2) is 0 Å². The number of amides is 1. The summed E-state index contributed by atoms with van der Waals surface area (Å²) >= 11 is 0. The van der Waals surface area contributed by atoms with Crippen LogP contribution < -0.4 is 0 Å². The van der Waals surface area contributed by atoms with Gasteiger partial charge in [-0.05, 0) is 31.9 Å². The number of rotatable bonds is 5. The summed E-state index contributed by atoms with van der Waals surface area (Å²) < 4.78 is 11.4. The normalized spacial score (nSPS) is 14.4. The topological polar surface area (TPSA) is 80.0 Å². The number of carbonyl (C=O) groups is 2. The number of furan rings is 1. The van der Waals surface area contributed by atoms with E-state index in [0.717, 1.165) is 18.4 Å². The highest BCUT2D eigenvalue weighted by Crippen LogP contribution is 2.39. The Hall–Kier alpha value is -3.28. The number of likely N-dealkylation sites (tertiary alicyclic amines) is 1. The van der Waals surface area contributed by atoms with Crippen LogP contribution in [0, 0.1) is 0 Å². The molecule has 1 N–H and O–H groups in total. The van der Waals surface area contributed by atoms with Crippen molar-refractivity contribution in [3.05, 3.63) is 53.6 Å². The average molecular weight is 393 g/mol. The summed E-state index contributed by atoms with van der Waals surface area (Å²) in [5.74, 6) is -0.0308. The molecule has 3 aromatic rings. The molecular weight excluding hydrogens is 370 g/mol. The van der Waals surface area contributed by atoms with Crippen LogP contribution in [0.5, 0.6) is 5.75 Å². The molecule has 0 bridgehead atoms. The van der Waals surface area contributed by atoms with E-state index in [1.54, 1.807) is 24.0 Å². The van der Waals surface area contributed by atoms with Crippen molar-refractivity contribution in [2.24, 2.45) is 0 Å². The lowest BCUT2D eigenvalue weighted by molar-refractivity contribution is -0.133. The Morgan fingerprint density at radius 3 is 2.69 bits per heavy atom. The molecule has 4 rings (SSSR count). The molecule has 0 atom stereocenters. The maximum atomic E-state index is 12.9. The van der Waals surface area contributed by atoms with E-state index >= 15 is 0 Å². The van der Waals surface area contributed by atoms with Gasteiger partial charge in [-0.25, -0.2) is 4.79 Å². The average Bonchev–Trinajstić information content (AvgIpc) is 3.12. The Kier molecular flexibility index (Phi) is 5.25. The molecular formula is C23H23NO5. The molecule has 1 aromatic heterocycles.